The van der Waals surface area contributed by atoms with Crippen molar-refractivity contribution >= 4 is 40.8 Å². The third-order valence-electron chi connectivity index (χ3n) is 4.30. The van der Waals surface area contributed by atoms with E-state index in [4.69, 9.17) is 37.4 Å². The predicted molar refractivity (Wildman–Crippen MR) is 127 cm³/mol. The van der Waals surface area contributed by atoms with Gasteiger partial charge in [0.1, 0.15) is 0 Å². The Morgan fingerprint density at radius 2 is 1.81 bits per heavy atom. The molecule has 2 aromatic carbocycles. The van der Waals surface area contributed by atoms with Crippen LogP contribution in [-0.4, -0.2) is 38.8 Å². The molecule has 0 aliphatic carbocycles. The van der Waals surface area contributed by atoms with Gasteiger partial charge in [-0.3, -0.25) is 4.99 Å². The summed E-state index contributed by atoms with van der Waals surface area (Å²) >= 11 is 13.8. The quantitative estimate of drug-likeness (QED) is 0.317. The molecule has 0 atom stereocenters. The molecule has 1 aromatic heterocycles. The predicted octanol–water partition coefficient (Wildman–Crippen LogP) is 5.52. The average Bonchev–Trinajstić information content (AvgIpc) is 3.19. The molecule has 0 saturated heterocycles. The van der Waals surface area contributed by atoms with Crippen LogP contribution < -0.4 is 19.0 Å². The van der Waals surface area contributed by atoms with Crippen molar-refractivity contribution in [1.82, 2.24) is 4.68 Å². The van der Waals surface area contributed by atoms with Crippen molar-refractivity contribution in [3.8, 4) is 28.5 Å². The van der Waals surface area contributed by atoms with E-state index in [9.17, 15) is 0 Å². The lowest BCUT2D eigenvalue weighted by molar-refractivity contribution is 0.324. The number of aromatic nitrogens is 1. The Morgan fingerprint density at radius 1 is 1.03 bits per heavy atom. The first kappa shape index (κ1) is 22.9. The number of ether oxygens (including phenoxy) is 3. The van der Waals surface area contributed by atoms with Crippen LogP contribution in [0, 0.1) is 0 Å². The molecule has 9 heteroatoms. The zero-order chi connectivity index (χ0) is 22.4. The van der Waals surface area contributed by atoms with E-state index in [2.05, 4.69) is 16.7 Å². The maximum Gasteiger partial charge on any atom is 0.206 e. The van der Waals surface area contributed by atoms with Gasteiger partial charge in [0.2, 0.25) is 10.6 Å². The highest BCUT2D eigenvalue weighted by atomic mass is 35.5. The number of halogens is 2. The molecular weight excluding hydrogens is 457 g/mol. The number of methoxy groups -OCH3 is 3. The summed E-state index contributed by atoms with van der Waals surface area (Å²) in [5.74, 6) is 1.57. The number of hydrogen-bond donors (Lipinski definition) is 0. The second-order valence-corrected chi connectivity index (χ2v) is 7.79. The largest absolute Gasteiger partial charge is 0.493 e. The van der Waals surface area contributed by atoms with Crippen LogP contribution in [0.3, 0.4) is 0 Å². The summed E-state index contributed by atoms with van der Waals surface area (Å²) in [5.41, 5.74) is 2.40. The van der Waals surface area contributed by atoms with Crippen LogP contribution in [0.2, 0.25) is 10.0 Å². The van der Waals surface area contributed by atoms with Crippen LogP contribution in [0.4, 0.5) is 0 Å². The fraction of sp³-hybridized carbons (Fsp3) is 0.182. The monoisotopic (exact) mass is 477 g/mol. The molecule has 31 heavy (non-hydrogen) atoms. The van der Waals surface area contributed by atoms with E-state index in [1.54, 1.807) is 56.5 Å². The molecule has 162 valence electrons. The van der Waals surface area contributed by atoms with Crippen molar-refractivity contribution in [2.75, 3.05) is 27.9 Å². The maximum atomic E-state index is 6.23. The van der Waals surface area contributed by atoms with Crippen LogP contribution in [0.5, 0.6) is 17.2 Å². The Labute approximate surface area is 194 Å². The first-order valence-corrected chi connectivity index (χ1v) is 10.8. The van der Waals surface area contributed by atoms with Crippen molar-refractivity contribution in [2.45, 2.75) is 0 Å². The lowest BCUT2D eigenvalue weighted by atomic mass is 10.2. The summed E-state index contributed by atoms with van der Waals surface area (Å²) in [7, 11) is 4.70. The minimum Gasteiger partial charge on any atom is -0.493 e. The Hall–Kier alpha value is -2.74. The van der Waals surface area contributed by atoms with Gasteiger partial charge in [-0.2, -0.15) is 5.10 Å². The summed E-state index contributed by atoms with van der Waals surface area (Å²) in [6, 6.07) is 9.07. The van der Waals surface area contributed by atoms with Gasteiger partial charge >= 0.3 is 0 Å². The van der Waals surface area contributed by atoms with E-state index in [1.165, 1.54) is 11.3 Å². The highest BCUT2D eigenvalue weighted by molar-refractivity contribution is 7.07. The van der Waals surface area contributed by atoms with E-state index in [1.807, 2.05) is 17.5 Å². The van der Waals surface area contributed by atoms with Gasteiger partial charge in [0, 0.05) is 16.5 Å². The Bertz CT molecular complexity index is 1190. The van der Waals surface area contributed by atoms with Crippen molar-refractivity contribution in [2.24, 2.45) is 10.1 Å². The van der Waals surface area contributed by atoms with E-state index in [-0.39, 0.29) is 0 Å². The molecule has 0 spiro atoms. The highest BCUT2D eigenvalue weighted by Gasteiger charge is 2.15. The topological polar surface area (TPSA) is 57.3 Å². The molecule has 0 fully saturated rings. The number of benzene rings is 2. The minimum atomic E-state index is 0.465. The molecule has 0 bridgehead atoms. The number of thiazole rings is 1. The molecule has 0 aliphatic rings. The zero-order valence-corrected chi connectivity index (χ0v) is 19.6. The molecular formula is C22H21Cl2N3O3S. The Morgan fingerprint density at radius 3 is 2.45 bits per heavy atom. The summed E-state index contributed by atoms with van der Waals surface area (Å²) in [6.45, 7) is 4.20. The van der Waals surface area contributed by atoms with Gasteiger partial charge in [0.25, 0.3) is 0 Å². The summed E-state index contributed by atoms with van der Waals surface area (Å²) < 4.78 is 18.1. The van der Waals surface area contributed by atoms with E-state index in [0.29, 0.717) is 44.2 Å². The fourth-order valence-corrected chi connectivity index (χ4v) is 4.01. The molecule has 0 saturated carbocycles. The Balaban J connectivity index is 2.14. The van der Waals surface area contributed by atoms with E-state index >= 15 is 0 Å². The van der Waals surface area contributed by atoms with Gasteiger partial charge in [-0.05, 0) is 24.3 Å². The average molecular weight is 478 g/mol. The van der Waals surface area contributed by atoms with Crippen LogP contribution in [0.1, 0.15) is 5.56 Å². The molecule has 6 nitrogen and oxygen atoms in total. The van der Waals surface area contributed by atoms with Crippen LogP contribution in [-0.2, 0) is 0 Å². The molecule has 1 heterocycles. The standard InChI is InChI=1S/C22H21Cl2N3O3S/c1-5-10-25-22-27(18(13-31-22)14-6-8-16(23)17(24)11-14)26-12-15-7-9-19(28-2)21(30-4)20(15)29-3/h5-9,11-13H,1,10H2,2-4H3. The lowest BCUT2D eigenvalue weighted by Gasteiger charge is -2.13. The van der Waals surface area contributed by atoms with Crippen LogP contribution >= 0.6 is 34.5 Å². The molecule has 0 amide bonds. The SMILES string of the molecule is C=CCN=c1scc(-c2ccc(Cl)c(Cl)c2)n1N=Cc1ccc(OC)c(OC)c1OC. The molecule has 0 radical (unpaired) electrons. The van der Waals surface area contributed by atoms with Crippen LogP contribution in [0.25, 0.3) is 11.3 Å². The van der Waals surface area contributed by atoms with Gasteiger partial charge in [0.15, 0.2) is 11.5 Å². The van der Waals surface area contributed by atoms with Gasteiger partial charge in [0.05, 0.1) is 49.8 Å². The van der Waals surface area contributed by atoms with Gasteiger partial charge in [-0.1, -0.05) is 35.3 Å². The van der Waals surface area contributed by atoms with Crippen molar-refractivity contribution in [3.63, 3.8) is 0 Å². The van der Waals surface area contributed by atoms with Crippen molar-refractivity contribution < 1.29 is 14.2 Å². The number of nitrogens with zero attached hydrogens (tertiary/aromatic N) is 3. The number of rotatable bonds is 8. The van der Waals surface area contributed by atoms with E-state index in [0.717, 1.165) is 11.3 Å². The van der Waals surface area contributed by atoms with Crippen molar-refractivity contribution in [1.29, 1.82) is 0 Å². The molecule has 0 N–H and O–H groups in total. The van der Waals surface area contributed by atoms with Gasteiger partial charge in [-0.25, -0.2) is 4.68 Å². The normalized spacial score (nSPS) is 11.7. The first-order valence-electron chi connectivity index (χ1n) is 9.14. The van der Waals surface area contributed by atoms with Crippen LogP contribution in [0.15, 0.2) is 58.5 Å². The van der Waals surface area contributed by atoms with Crippen molar-refractivity contribution in [3.05, 3.63) is 68.8 Å². The third-order valence-corrected chi connectivity index (χ3v) is 5.90. The van der Waals surface area contributed by atoms with Gasteiger partial charge in [-0.15, -0.1) is 17.9 Å². The minimum absolute atomic E-state index is 0.465. The highest BCUT2D eigenvalue weighted by Crippen LogP contribution is 2.39. The smallest absolute Gasteiger partial charge is 0.206 e. The van der Waals surface area contributed by atoms with E-state index < -0.39 is 0 Å². The number of hydrogen-bond acceptors (Lipinski definition) is 6. The lowest BCUT2D eigenvalue weighted by Crippen LogP contribution is -2.12. The van der Waals surface area contributed by atoms with Gasteiger partial charge < -0.3 is 14.2 Å². The maximum absolute atomic E-state index is 6.23. The third kappa shape index (κ3) is 4.95. The molecule has 0 aliphatic heterocycles. The second kappa shape index (κ2) is 10.5. The molecule has 3 aromatic rings. The molecule has 0 unspecified atom stereocenters. The Kier molecular flexibility index (Phi) is 7.79. The fourth-order valence-electron chi connectivity index (χ4n) is 2.86. The molecule has 3 rings (SSSR count). The summed E-state index contributed by atoms with van der Waals surface area (Å²) in [5, 5.41) is 7.59. The summed E-state index contributed by atoms with van der Waals surface area (Å²) in [6.07, 6.45) is 3.41. The summed E-state index contributed by atoms with van der Waals surface area (Å²) in [4.78, 5) is 5.25. The zero-order valence-electron chi connectivity index (χ0n) is 17.3. The second-order valence-electron chi connectivity index (χ2n) is 6.14. The first-order chi connectivity index (χ1) is 15.0.